The van der Waals surface area contributed by atoms with Gasteiger partial charge in [0.05, 0.1) is 11.4 Å². The number of hydrogen-bond donors (Lipinski definition) is 1. The lowest BCUT2D eigenvalue weighted by Crippen LogP contribution is -2.38. The maximum absolute atomic E-state index is 12.9. The fourth-order valence-corrected chi connectivity index (χ4v) is 2.76. The number of carboxylic acids is 1. The van der Waals surface area contributed by atoms with Crippen LogP contribution in [0.25, 0.3) is 5.70 Å². The number of rotatable bonds is 3. The van der Waals surface area contributed by atoms with Gasteiger partial charge in [-0.15, -0.1) is 11.8 Å². The van der Waals surface area contributed by atoms with Crippen LogP contribution in [0.1, 0.15) is 12.5 Å². The zero-order valence-corrected chi connectivity index (χ0v) is 11.0. The van der Waals surface area contributed by atoms with Crippen molar-refractivity contribution in [2.45, 2.75) is 6.92 Å². The van der Waals surface area contributed by atoms with E-state index in [0.29, 0.717) is 11.3 Å². The Hall–Kier alpha value is -1.82. The van der Waals surface area contributed by atoms with Crippen LogP contribution >= 0.6 is 11.8 Å². The molecule has 0 unspecified atom stereocenters. The summed E-state index contributed by atoms with van der Waals surface area (Å²) in [5.74, 6) is -1.48. The predicted octanol–water partition coefficient (Wildman–Crippen LogP) is 2.17. The Labute approximate surface area is 113 Å². The quantitative estimate of drug-likeness (QED) is 0.922. The van der Waals surface area contributed by atoms with E-state index in [1.807, 2.05) is 6.92 Å². The van der Waals surface area contributed by atoms with Crippen LogP contribution in [-0.4, -0.2) is 34.2 Å². The maximum Gasteiger partial charge on any atom is 0.323 e. The maximum atomic E-state index is 12.9. The van der Waals surface area contributed by atoms with Gasteiger partial charge in [0.15, 0.2) is 0 Å². The zero-order valence-electron chi connectivity index (χ0n) is 10.2. The molecule has 0 aromatic heterocycles. The van der Waals surface area contributed by atoms with Crippen molar-refractivity contribution in [3.05, 3.63) is 40.6 Å². The second-order valence-corrected chi connectivity index (χ2v) is 5.26. The second kappa shape index (κ2) is 5.44. The van der Waals surface area contributed by atoms with Crippen molar-refractivity contribution in [1.82, 2.24) is 4.90 Å². The van der Waals surface area contributed by atoms with E-state index >= 15 is 0 Å². The summed E-state index contributed by atoms with van der Waals surface area (Å²) in [4.78, 5) is 24.8. The first kappa shape index (κ1) is 13.6. The molecule has 1 N–H and O–H groups in total. The Balaban J connectivity index is 2.44. The highest BCUT2D eigenvalue weighted by atomic mass is 32.2. The van der Waals surface area contributed by atoms with E-state index in [1.165, 1.54) is 28.8 Å². The molecule has 0 bridgehead atoms. The molecule has 1 heterocycles. The van der Waals surface area contributed by atoms with Gasteiger partial charge in [0, 0.05) is 4.91 Å². The number of carboxylic acid groups (broad SMARTS) is 1. The summed E-state index contributed by atoms with van der Waals surface area (Å²) in [6, 6.07) is 5.67. The molecule has 1 aromatic rings. The van der Waals surface area contributed by atoms with Crippen LogP contribution in [0.2, 0.25) is 0 Å². The van der Waals surface area contributed by atoms with Crippen molar-refractivity contribution in [3.8, 4) is 0 Å². The molecule has 2 rings (SSSR count). The van der Waals surface area contributed by atoms with Gasteiger partial charge < -0.3 is 5.11 Å². The summed E-state index contributed by atoms with van der Waals surface area (Å²) in [5, 5.41) is 8.90. The summed E-state index contributed by atoms with van der Waals surface area (Å²) < 4.78 is 12.9. The average Bonchev–Trinajstić information content (AvgIpc) is 2.35. The Morgan fingerprint density at radius 3 is 2.63 bits per heavy atom. The monoisotopic (exact) mass is 281 g/mol. The van der Waals surface area contributed by atoms with Crippen LogP contribution in [0.5, 0.6) is 0 Å². The third kappa shape index (κ3) is 2.96. The van der Waals surface area contributed by atoms with Gasteiger partial charge in [-0.05, 0) is 36.8 Å². The molecule has 4 nitrogen and oxygen atoms in total. The van der Waals surface area contributed by atoms with Gasteiger partial charge in [0.2, 0.25) is 5.91 Å². The van der Waals surface area contributed by atoms with Crippen LogP contribution in [0, 0.1) is 5.82 Å². The number of allylic oxidation sites excluding steroid dienone is 1. The molecule has 0 atom stereocenters. The van der Waals surface area contributed by atoms with E-state index in [-0.39, 0.29) is 24.0 Å². The molecule has 19 heavy (non-hydrogen) atoms. The van der Waals surface area contributed by atoms with Crippen molar-refractivity contribution in [3.63, 3.8) is 0 Å². The number of hydrogen-bond acceptors (Lipinski definition) is 3. The minimum absolute atomic E-state index is 0.226. The summed E-state index contributed by atoms with van der Waals surface area (Å²) in [7, 11) is 0. The van der Waals surface area contributed by atoms with Crippen LogP contribution in [-0.2, 0) is 9.59 Å². The second-order valence-electron chi connectivity index (χ2n) is 4.07. The van der Waals surface area contributed by atoms with Crippen molar-refractivity contribution in [2.75, 3.05) is 12.3 Å². The zero-order chi connectivity index (χ0) is 14.0. The molecular weight excluding hydrogens is 269 g/mol. The van der Waals surface area contributed by atoms with Crippen molar-refractivity contribution in [1.29, 1.82) is 0 Å². The van der Waals surface area contributed by atoms with E-state index in [4.69, 9.17) is 5.11 Å². The molecule has 1 aromatic carbocycles. The normalized spacial score (nSPS) is 15.9. The minimum Gasteiger partial charge on any atom is -0.480 e. The smallest absolute Gasteiger partial charge is 0.323 e. The van der Waals surface area contributed by atoms with Crippen LogP contribution < -0.4 is 0 Å². The van der Waals surface area contributed by atoms with E-state index < -0.39 is 5.97 Å². The highest BCUT2D eigenvalue weighted by Gasteiger charge is 2.28. The molecule has 1 aliphatic rings. The number of nitrogens with zero attached hydrogens (tertiary/aromatic N) is 1. The predicted molar refractivity (Wildman–Crippen MR) is 70.8 cm³/mol. The molecule has 0 fully saturated rings. The number of thioether (sulfide) groups is 1. The molecule has 0 radical (unpaired) electrons. The number of carbonyl (C=O) groups excluding carboxylic acids is 1. The van der Waals surface area contributed by atoms with Gasteiger partial charge in [-0.3, -0.25) is 14.5 Å². The average molecular weight is 281 g/mol. The number of halogens is 1. The number of aliphatic carboxylic acids is 1. The first-order valence-corrected chi connectivity index (χ1v) is 6.59. The van der Waals surface area contributed by atoms with Crippen molar-refractivity contribution in [2.24, 2.45) is 0 Å². The van der Waals surface area contributed by atoms with Crippen molar-refractivity contribution < 1.29 is 19.1 Å². The van der Waals surface area contributed by atoms with Gasteiger partial charge in [-0.2, -0.15) is 0 Å². The summed E-state index contributed by atoms with van der Waals surface area (Å²) in [6.07, 6.45) is 0. The standard InChI is InChI=1S/C13H12FNO3S/c1-8-13(9-2-4-10(14)5-3-9)15(6-12(17)18)11(16)7-19-8/h2-5H,6-7H2,1H3,(H,17,18). The molecule has 1 aliphatic heterocycles. The number of amides is 1. The van der Waals surface area contributed by atoms with E-state index in [0.717, 1.165) is 4.91 Å². The molecule has 1 amide bonds. The molecule has 0 saturated heterocycles. The van der Waals surface area contributed by atoms with E-state index in [2.05, 4.69) is 0 Å². The van der Waals surface area contributed by atoms with Crippen molar-refractivity contribution >= 4 is 29.3 Å². The topological polar surface area (TPSA) is 57.6 Å². The fraction of sp³-hybridized carbons (Fsp3) is 0.231. The summed E-state index contributed by atoms with van der Waals surface area (Å²) in [5.41, 5.74) is 1.18. The molecule has 100 valence electrons. The SMILES string of the molecule is CC1=C(c2ccc(F)cc2)N(CC(=O)O)C(=O)CS1. The van der Waals surface area contributed by atoms with Gasteiger partial charge in [-0.25, -0.2) is 4.39 Å². The van der Waals surface area contributed by atoms with Gasteiger partial charge in [0.25, 0.3) is 0 Å². The lowest BCUT2D eigenvalue weighted by molar-refractivity contribution is -0.141. The lowest BCUT2D eigenvalue weighted by Gasteiger charge is -2.29. The highest BCUT2D eigenvalue weighted by molar-refractivity contribution is 8.03. The van der Waals surface area contributed by atoms with Crippen LogP contribution in [0.4, 0.5) is 4.39 Å². The lowest BCUT2D eigenvalue weighted by atomic mass is 10.1. The first-order valence-electron chi connectivity index (χ1n) is 5.61. The largest absolute Gasteiger partial charge is 0.480 e. The molecule has 0 saturated carbocycles. The third-order valence-electron chi connectivity index (χ3n) is 2.73. The molecule has 6 heteroatoms. The summed E-state index contributed by atoms with van der Waals surface area (Å²) in [6.45, 7) is 1.44. The summed E-state index contributed by atoms with van der Waals surface area (Å²) >= 11 is 1.37. The molecule has 0 aliphatic carbocycles. The van der Waals surface area contributed by atoms with Gasteiger partial charge >= 0.3 is 5.97 Å². The van der Waals surface area contributed by atoms with E-state index in [9.17, 15) is 14.0 Å². The van der Waals surface area contributed by atoms with Gasteiger partial charge in [0.1, 0.15) is 12.4 Å². The minimum atomic E-state index is -1.08. The van der Waals surface area contributed by atoms with Crippen LogP contribution in [0.15, 0.2) is 29.2 Å². The fourth-order valence-electron chi connectivity index (χ4n) is 1.90. The Bertz CT molecular complexity index is 554. The highest BCUT2D eigenvalue weighted by Crippen LogP contribution is 2.34. The number of carbonyl (C=O) groups is 2. The Kier molecular flexibility index (Phi) is 3.90. The Morgan fingerprint density at radius 2 is 2.05 bits per heavy atom. The Morgan fingerprint density at radius 1 is 1.42 bits per heavy atom. The van der Waals surface area contributed by atoms with Crippen LogP contribution in [0.3, 0.4) is 0 Å². The molecule has 0 spiro atoms. The number of benzene rings is 1. The first-order chi connectivity index (χ1) is 8.99. The third-order valence-corrected chi connectivity index (χ3v) is 3.75. The van der Waals surface area contributed by atoms with E-state index in [1.54, 1.807) is 12.1 Å². The molecular formula is C13H12FNO3S. The van der Waals surface area contributed by atoms with Gasteiger partial charge in [-0.1, -0.05) is 0 Å².